The number of hydrogen-bond donors (Lipinski definition) is 0. The first-order valence-corrected chi connectivity index (χ1v) is 11.3. The molecule has 1 heterocycles. The Morgan fingerprint density at radius 3 is 2.73 bits per heavy atom. The third-order valence-electron chi connectivity index (χ3n) is 5.21. The predicted octanol–water partition coefficient (Wildman–Crippen LogP) is 3.73. The van der Waals surface area contributed by atoms with Gasteiger partial charge in [-0.2, -0.15) is 0 Å². The first-order chi connectivity index (χ1) is 12.7. The third kappa shape index (κ3) is 5.11. The van der Waals surface area contributed by atoms with Gasteiger partial charge in [0.25, 0.3) is 0 Å². The molecule has 5 radical (unpaired) electrons. The molecule has 141 valence electrons. The van der Waals surface area contributed by atoms with E-state index >= 15 is 0 Å². The summed E-state index contributed by atoms with van der Waals surface area (Å²) in [5.74, 6) is 1.49. The molecule has 1 aromatic rings. The van der Waals surface area contributed by atoms with Crippen LogP contribution in [0.3, 0.4) is 0 Å². The van der Waals surface area contributed by atoms with Crippen molar-refractivity contribution in [1.29, 1.82) is 0 Å². The molecule has 26 heavy (non-hydrogen) atoms. The molecule has 3 atom stereocenters. The molecule has 0 N–H and O–H groups in total. The van der Waals surface area contributed by atoms with Crippen molar-refractivity contribution in [3.05, 3.63) is 65.9 Å². The van der Waals surface area contributed by atoms with Gasteiger partial charge in [-0.1, -0.05) is 0 Å². The Hall–Kier alpha value is -0.381. The monoisotopic (exact) mass is 420 g/mol. The second kappa shape index (κ2) is 10.2. The maximum absolute atomic E-state index is 5.86. The van der Waals surface area contributed by atoms with Crippen molar-refractivity contribution in [3.8, 4) is 0 Å². The van der Waals surface area contributed by atoms with E-state index in [0.717, 1.165) is 13.2 Å². The molecule has 0 aromatic heterocycles. The zero-order chi connectivity index (χ0) is 18.4. The molecule has 2 unspecified atom stereocenters. The molecule has 2 fully saturated rings. The van der Waals surface area contributed by atoms with Crippen LogP contribution in [0.25, 0.3) is 0 Å². The zero-order valence-corrected chi connectivity index (χ0v) is 17.8. The van der Waals surface area contributed by atoms with Crippen molar-refractivity contribution in [3.63, 3.8) is 0 Å². The average molecular weight is 419 g/mol. The van der Waals surface area contributed by atoms with Crippen LogP contribution in [0.2, 0.25) is 4.82 Å². The quantitative estimate of drug-likeness (QED) is 0.570. The van der Waals surface area contributed by atoms with Crippen LogP contribution in [0.15, 0.2) is 30.3 Å². The number of nitrogens with zero attached hydrogens (tertiary/aromatic N) is 1. The van der Waals surface area contributed by atoms with Crippen LogP contribution in [-0.2, 0) is 9.47 Å². The Morgan fingerprint density at radius 1 is 1.19 bits per heavy atom. The molecule has 0 spiro atoms. The van der Waals surface area contributed by atoms with Gasteiger partial charge in [0.2, 0.25) is 0 Å². The van der Waals surface area contributed by atoms with Crippen molar-refractivity contribution in [2.24, 2.45) is 0 Å². The minimum atomic E-state index is 0.159. The number of rotatable bonds is 9. The summed E-state index contributed by atoms with van der Waals surface area (Å²) in [6.45, 7) is 5.40. The molecule has 0 bridgehead atoms. The van der Waals surface area contributed by atoms with Gasteiger partial charge in [0.15, 0.2) is 0 Å². The van der Waals surface area contributed by atoms with E-state index in [2.05, 4.69) is 61.4 Å². The van der Waals surface area contributed by atoms with Gasteiger partial charge in [-0.3, -0.25) is 0 Å². The topological polar surface area (TPSA) is 21.7 Å². The second-order valence-electron chi connectivity index (χ2n) is 7.03. The van der Waals surface area contributed by atoms with Crippen molar-refractivity contribution < 1.29 is 9.47 Å². The van der Waals surface area contributed by atoms with E-state index in [1.165, 1.54) is 35.7 Å². The summed E-state index contributed by atoms with van der Waals surface area (Å²) in [4.78, 5) is 4.60. The number of likely N-dealkylation sites (tertiary alicyclic amines) is 1. The number of benzene rings is 1. The van der Waals surface area contributed by atoms with E-state index in [0.29, 0.717) is 25.8 Å². The van der Waals surface area contributed by atoms with E-state index < -0.39 is 0 Å². The summed E-state index contributed by atoms with van der Waals surface area (Å²) in [7, 11) is 3.64. The molecular weight excluding hydrogens is 389 g/mol. The molecule has 2 aliphatic rings. The third-order valence-corrected chi connectivity index (χ3v) is 7.88. The van der Waals surface area contributed by atoms with E-state index in [-0.39, 0.29) is 6.10 Å². The maximum atomic E-state index is 5.86. The van der Waals surface area contributed by atoms with E-state index in [1.807, 2.05) is 14.2 Å². The molecule has 1 aromatic carbocycles. The van der Waals surface area contributed by atoms with E-state index in [9.17, 15) is 0 Å². The first kappa shape index (κ1) is 20.4. The normalized spacial score (nSPS) is 25.0. The van der Waals surface area contributed by atoms with Crippen molar-refractivity contribution in [1.82, 2.24) is 4.90 Å². The molecule has 1 saturated carbocycles. The number of hydrogen-bond acceptors (Lipinski definition) is 3. The van der Waals surface area contributed by atoms with Crippen molar-refractivity contribution in [2.75, 3.05) is 33.9 Å². The standard InChI is InChI=1S/C22H30NO2Se/c1-17(22(25-3)18-9-5-4-6-10-18)26-21-13-7-11-19(21)15-23-14-8-12-20(23)16-24-2/h4-7,9-11,13,17,20,22H,8,12,14-16H2,1-3H3/t17?,20-,22?/m0/s1. The van der Waals surface area contributed by atoms with Crippen molar-refractivity contribution >= 4 is 15.0 Å². The summed E-state index contributed by atoms with van der Waals surface area (Å²) in [6, 6.07) is 11.2. The van der Waals surface area contributed by atoms with Gasteiger partial charge < -0.3 is 0 Å². The summed E-state index contributed by atoms with van der Waals surface area (Å²) in [6.07, 6.45) is 9.52. The fourth-order valence-electron chi connectivity index (χ4n) is 3.89. The molecule has 0 amide bonds. The fourth-order valence-corrected chi connectivity index (χ4v) is 6.48. The SMILES string of the molecule is COC[C@@H]1CCCN1C[C]1[CH][CH][CH][C]1[Se]C(C)C(OC)c1ccccc1. The molecule has 3 nitrogen and oxygen atoms in total. The van der Waals surface area contributed by atoms with Crippen LogP contribution >= 0.6 is 0 Å². The Bertz CT molecular complexity index is 526. The molecule has 4 heteroatoms. The number of ether oxygens (including phenoxy) is 2. The summed E-state index contributed by atoms with van der Waals surface area (Å²) >= 11 is 0.381. The summed E-state index contributed by atoms with van der Waals surface area (Å²) < 4.78 is 11.3. The van der Waals surface area contributed by atoms with Gasteiger partial charge in [0, 0.05) is 0 Å². The van der Waals surface area contributed by atoms with E-state index in [4.69, 9.17) is 9.47 Å². The van der Waals surface area contributed by atoms with Crippen LogP contribution in [0, 0.1) is 30.0 Å². The second-order valence-corrected chi connectivity index (χ2v) is 10.0. The van der Waals surface area contributed by atoms with Gasteiger partial charge in [0.1, 0.15) is 0 Å². The van der Waals surface area contributed by atoms with Crippen LogP contribution in [-0.4, -0.2) is 59.8 Å². The van der Waals surface area contributed by atoms with Crippen LogP contribution in [0.1, 0.15) is 31.4 Å². The Morgan fingerprint density at radius 2 is 2.00 bits per heavy atom. The zero-order valence-electron chi connectivity index (χ0n) is 16.1. The summed E-state index contributed by atoms with van der Waals surface area (Å²) in [5.41, 5.74) is 1.28. The fraction of sp³-hybridized carbons (Fsp3) is 0.500. The van der Waals surface area contributed by atoms with Crippen molar-refractivity contribution in [2.45, 2.75) is 36.7 Å². The first-order valence-electron chi connectivity index (χ1n) is 9.45. The van der Waals surface area contributed by atoms with Crippen LogP contribution in [0.5, 0.6) is 0 Å². The van der Waals surface area contributed by atoms with Gasteiger partial charge in [0.05, 0.1) is 0 Å². The number of methoxy groups -OCH3 is 2. The van der Waals surface area contributed by atoms with Gasteiger partial charge >= 0.3 is 166 Å². The van der Waals surface area contributed by atoms with Crippen LogP contribution < -0.4 is 0 Å². The van der Waals surface area contributed by atoms with Crippen LogP contribution in [0.4, 0.5) is 0 Å². The summed E-state index contributed by atoms with van der Waals surface area (Å²) in [5, 5.41) is 0. The van der Waals surface area contributed by atoms with Gasteiger partial charge in [-0.15, -0.1) is 0 Å². The van der Waals surface area contributed by atoms with Gasteiger partial charge in [-0.05, 0) is 0 Å². The molecule has 1 aliphatic heterocycles. The Balaban J connectivity index is 1.57. The Labute approximate surface area is 166 Å². The van der Waals surface area contributed by atoms with E-state index in [1.54, 1.807) is 0 Å². The molecule has 3 rings (SSSR count). The predicted molar refractivity (Wildman–Crippen MR) is 107 cm³/mol. The average Bonchev–Trinajstić information content (AvgIpc) is 3.27. The molecule has 1 aliphatic carbocycles. The molecular formula is C22H30NO2Se. The molecule has 1 saturated heterocycles. The van der Waals surface area contributed by atoms with Gasteiger partial charge in [-0.25, -0.2) is 0 Å². The Kier molecular flexibility index (Phi) is 8.02. The minimum absolute atomic E-state index is 0.159.